The Labute approximate surface area is 295 Å². The topological polar surface area (TPSA) is 108 Å². The quantitative estimate of drug-likeness (QED) is 0.173. The summed E-state index contributed by atoms with van der Waals surface area (Å²) in [7, 11) is 0. The summed E-state index contributed by atoms with van der Waals surface area (Å²) in [6.07, 6.45) is 10.5. The lowest BCUT2D eigenvalue weighted by Gasteiger charge is -2.72. The molecule has 6 rings (SSSR count). The van der Waals surface area contributed by atoms with Crippen molar-refractivity contribution < 1.29 is 19.5 Å². The summed E-state index contributed by atoms with van der Waals surface area (Å²) >= 11 is 0. The van der Waals surface area contributed by atoms with E-state index in [1.54, 1.807) is 6.07 Å². The number of allylic oxidation sites excluding steroid dienone is 1. The molecule has 0 aliphatic heterocycles. The van der Waals surface area contributed by atoms with Gasteiger partial charge in [0.15, 0.2) is 0 Å². The second-order valence-corrected chi connectivity index (χ2v) is 18.3. The lowest BCUT2D eigenvalue weighted by Crippen LogP contribution is -2.67. The zero-order valence-electron chi connectivity index (χ0n) is 31.3. The third-order valence-electron chi connectivity index (χ3n) is 15.9. The Hall–Kier alpha value is -2.67. The van der Waals surface area contributed by atoms with Crippen molar-refractivity contribution in [2.45, 2.75) is 125 Å². The van der Waals surface area contributed by atoms with Crippen LogP contribution in [0.1, 0.15) is 129 Å². The minimum Gasteiger partial charge on any atom is -0.393 e. The summed E-state index contributed by atoms with van der Waals surface area (Å²) in [5.74, 6) is 2.16. The first kappa shape index (κ1) is 36.1. The molecule has 1 aromatic carbocycles. The number of carbonyl (C=O) groups excluding carboxylic acids is 3. The van der Waals surface area contributed by atoms with E-state index in [1.165, 1.54) is 38.2 Å². The van der Waals surface area contributed by atoms with Gasteiger partial charge in [-0.1, -0.05) is 58.9 Å². The minimum absolute atomic E-state index is 0.0561. The van der Waals surface area contributed by atoms with Crippen LogP contribution in [0.5, 0.6) is 0 Å². The van der Waals surface area contributed by atoms with Crippen molar-refractivity contribution in [2.24, 2.45) is 56.7 Å². The smallest absolute Gasteiger partial charge is 0.251 e. The maximum absolute atomic E-state index is 14.6. The number of nitrogens with one attached hydrogen (secondary N) is 3. The minimum atomic E-state index is -0.395. The highest BCUT2D eigenvalue weighted by molar-refractivity contribution is 5.94. The molecule has 0 radical (unpaired) electrons. The first-order valence-electron chi connectivity index (χ1n) is 19.2. The van der Waals surface area contributed by atoms with Crippen LogP contribution in [-0.2, 0) is 16.1 Å². The zero-order chi connectivity index (χ0) is 35.6. The number of fused-ring (bicyclic) bond motifs is 7. The summed E-state index contributed by atoms with van der Waals surface area (Å²) in [6.45, 7) is 21.7. The van der Waals surface area contributed by atoms with Gasteiger partial charge < -0.3 is 21.1 Å². The SMILES string of the molecule is C=C(C)[C@@H]1CC[C@]2(C(=O)NCc3cccc(C(=O)NCCNC(C)=O)c3)CC[C@]3(C)C(CC[C@@H]4[C@@]5(C)CC[C@H](O)C(C)(C)C5CC[C@]43C)[C@@H]12. The molecule has 0 aromatic heterocycles. The zero-order valence-corrected chi connectivity index (χ0v) is 31.3. The molecular weight excluding hydrogens is 610 g/mol. The second-order valence-electron chi connectivity index (χ2n) is 18.3. The lowest BCUT2D eigenvalue weighted by atomic mass is 9.32. The average Bonchev–Trinajstić information content (AvgIpc) is 3.45. The molecule has 10 atom stereocenters. The fraction of sp³-hybridized carbons (Fsp3) is 0.738. The van der Waals surface area contributed by atoms with Gasteiger partial charge in [-0.3, -0.25) is 14.4 Å². The van der Waals surface area contributed by atoms with E-state index in [0.717, 1.165) is 44.1 Å². The number of carbonyl (C=O) groups is 3. The number of hydrogen-bond acceptors (Lipinski definition) is 4. The van der Waals surface area contributed by atoms with Gasteiger partial charge in [0, 0.05) is 32.1 Å². The Morgan fingerprint density at radius 1 is 0.816 bits per heavy atom. The van der Waals surface area contributed by atoms with Gasteiger partial charge in [-0.05, 0) is 140 Å². The number of amides is 3. The average molecular weight is 674 g/mol. The van der Waals surface area contributed by atoms with E-state index in [0.29, 0.717) is 48.9 Å². The molecule has 5 aliphatic carbocycles. The fourth-order valence-corrected chi connectivity index (χ4v) is 13.2. The van der Waals surface area contributed by atoms with Crippen LogP contribution in [0.15, 0.2) is 36.4 Å². The molecule has 0 spiro atoms. The first-order valence-corrected chi connectivity index (χ1v) is 19.2. The summed E-state index contributed by atoms with van der Waals surface area (Å²) in [6, 6.07) is 7.48. The molecule has 0 heterocycles. The Morgan fingerprint density at radius 3 is 2.27 bits per heavy atom. The highest BCUT2D eigenvalue weighted by Crippen LogP contribution is 2.77. The first-order chi connectivity index (χ1) is 23.0. The molecule has 7 heteroatoms. The van der Waals surface area contributed by atoms with E-state index < -0.39 is 5.41 Å². The number of aliphatic hydroxyl groups is 1. The van der Waals surface area contributed by atoms with Crippen molar-refractivity contribution in [1.29, 1.82) is 0 Å². The van der Waals surface area contributed by atoms with Crippen molar-refractivity contribution in [3.8, 4) is 0 Å². The normalized spacial score (nSPS) is 40.5. The third-order valence-corrected chi connectivity index (χ3v) is 15.9. The molecular formula is C42H63N3O4. The van der Waals surface area contributed by atoms with Crippen molar-refractivity contribution in [1.82, 2.24) is 16.0 Å². The van der Waals surface area contributed by atoms with Gasteiger partial charge in [0.1, 0.15) is 0 Å². The van der Waals surface area contributed by atoms with Gasteiger partial charge in [-0.2, -0.15) is 0 Å². The third kappa shape index (κ3) is 5.69. The Morgan fingerprint density at radius 2 is 1.55 bits per heavy atom. The summed E-state index contributed by atoms with van der Waals surface area (Å²) in [4.78, 5) is 38.5. The van der Waals surface area contributed by atoms with Crippen LogP contribution in [-0.4, -0.2) is 42.0 Å². The maximum Gasteiger partial charge on any atom is 0.251 e. The van der Waals surface area contributed by atoms with Crippen LogP contribution < -0.4 is 16.0 Å². The van der Waals surface area contributed by atoms with Crippen LogP contribution in [0.25, 0.3) is 0 Å². The van der Waals surface area contributed by atoms with E-state index in [4.69, 9.17) is 0 Å². The molecule has 7 nitrogen and oxygen atoms in total. The molecule has 2 unspecified atom stereocenters. The second kappa shape index (κ2) is 12.8. The fourth-order valence-electron chi connectivity index (χ4n) is 13.2. The maximum atomic E-state index is 14.6. The standard InChI is InChI=1S/C42H63N3O4/c1-26(2)30-14-19-42(37(49)45-25-28-10-9-11-29(24-28)36(48)44-23-22-43-27(3)46)21-20-40(7)31(35(30)42)12-13-33-39(6)17-16-34(47)38(4,5)32(39)15-18-41(33,40)8/h9-11,24,30-35,47H,1,12-23,25H2,2-8H3,(H,43,46)(H,44,48)(H,45,49)/t30-,31?,32?,33+,34-,35+,39-,40+,41+,42-/m0/s1. The van der Waals surface area contributed by atoms with E-state index in [1.807, 2.05) is 18.2 Å². The summed E-state index contributed by atoms with van der Waals surface area (Å²) < 4.78 is 0. The number of hydrogen-bond donors (Lipinski definition) is 4. The van der Waals surface area contributed by atoms with Crippen molar-refractivity contribution in [3.05, 3.63) is 47.5 Å². The van der Waals surface area contributed by atoms with E-state index in [2.05, 4.69) is 64.1 Å². The molecule has 0 bridgehead atoms. The molecule has 49 heavy (non-hydrogen) atoms. The van der Waals surface area contributed by atoms with Gasteiger partial charge in [0.05, 0.1) is 11.5 Å². The molecule has 4 N–H and O–H groups in total. The van der Waals surface area contributed by atoms with Gasteiger partial charge in [0.25, 0.3) is 5.91 Å². The molecule has 3 amide bonds. The van der Waals surface area contributed by atoms with E-state index in [-0.39, 0.29) is 51.4 Å². The molecule has 270 valence electrons. The molecule has 5 saturated carbocycles. The summed E-state index contributed by atoms with van der Waals surface area (Å²) in [5, 5.41) is 20.0. The van der Waals surface area contributed by atoms with E-state index >= 15 is 0 Å². The van der Waals surface area contributed by atoms with Crippen LogP contribution in [0.3, 0.4) is 0 Å². The van der Waals surface area contributed by atoms with Crippen LogP contribution >= 0.6 is 0 Å². The number of benzene rings is 1. The highest BCUT2D eigenvalue weighted by Gasteiger charge is 2.71. The Bertz CT molecular complexity index is 1490. The van der Waals surface area contributed by atoms with Crippen molar-refractivity contribution in [3.63, 3.8) is 0 Å². The van der Waals surface area contributed by atoms with Gasteiger partial charge >= 0.3 is 0 Å². The predicted molar refractivity (Wildman–Crippen MR) is 194 cm³/mol. The van der Waals surface area contributed by atoms with Crippen molar-refractivity contribution >= 4 is 17.7 Å². The molecule has 0 saturated heterocycles. The predicted octanol–water partition coefficient (Wildman–Crippen LogP) is 7.19. The Balaban J connectivity index is 1.22. The van der Waals surface area contributed by atoms with Crippen LogP contribution in [0.2, 0.25) is 0 Å². The lowest BCUT2D eigenvalue weighted by molar-refractivity contribution is -0.246. The molecule has 5 aliphatic rings. The van der Waals surface area contributed by atoms with Gasteiger partial charge in [-0.15, -0.1) is 0 Å². The van der Waals surface area contributed by atoms with E-state index in [9.17, 15) is 19.5 Å². The van der Waals surface area contributed by atoms with Gasteiger partial charge in [0.2, 0.25) is 11.8 Å². The monoisotopic (exact) mass is 673 g/mol. The Kier molecular flexibility index (Phi) is 9.46. The highest BCUT2D eigenvalue weighted by atomic mass is 16.3. The van der Waals surface area contributed by atoms with Gasteiger partial charge in [-0.25, -0.2) is 0 Å². The largest absolute Gasteiger partial charge is 0.393 e. The number of aliphatic hydroxyl groups excluding tert-OH is 1. The number of rotatable bonds is 8. The van der Waals surface area contributed by atoms with Crippen LogP contribution in [0, 0.1) is 56.7 Å². The van der Waals surface area contributed by atoms with Crippen molar-refractivity contribution in [2.75, 3.05) is 13.1 Å². The molecule has 5 fully saturated rings. The van der Waals surface area contributed by atoms with Crippen LogP contribution in [0.4, 0.5) is 0 Å². The molecule has 1 aromatic rings. The summed E-state index contributed by atoms with van der Waals surface area (Å²) in [5.41, 5.74) is 2.82.